The average Bonchev–Trinajstić information content (AvgIpc) is 2.41. The highest BCUT2D eigenvalue weighted by Crippen LogP contribution is 2.23. The van der Waals surface area contributed by atoms with E-state index in [0.29, 0.717) is 12.2 Å². The van der Waals surface area contributed by atoms with Gasteiger partial charge in [0, 0.05) is 6.54 Å². The third-order valence-electron chi connectivity index (χ3n) is 2.84. The first-order chi connectivity index (χ1) is 9.49. The molecule has 0 saturated carbocycles. The normalized spacial score (nSPS) is 10.3. The molecule has 0 spiro atoms. The standard InChI is InChI=1S/C14H13ClFN3O/c15-10-6-8(4-5-11(10)16)7-19-12-3-1-2-9(13(12)17)14(18)20/h1-6,19H,7,17H2,(H2,18,20). The molecule has 0 radical (unpaired) electrons. The number of anilines is 2. The Bertz CT molecular complexity index is 661. The highest BCUT2D eigenvalue weighted by molar-refractivity contribution is 6.30. The second kappa shape index (κ2) is 5.79. The van der Waals surface area contributed by atoms with Crippen LogP contribution in [0.4, 0.5) is 15.8 Å². The lowest BCUT2D eigenvalue weighted by atomic mass is 10.1. The minimum Gasteiger partial charge on any atom is -0.396 e. The molecule has 2 rings (SSSR count). The summed E-state index contributed by atoms with van der Waals surface area (Å²) in [6, 6.07) is 9.39. The zero-order valence-electron chi connectivity index (χ0n) is 10.5. The van der Waals surface area contributed by atoms with Gasteiger partial charge in [0.15, 0.2) is 0 Å². The van der Waals surface area contributed by atoms with Gasteiger partial charge in [-0.2, -0.15) is 0 Å². The van der Waals surface area contributed by atoms with Gasteiger partial charge in [-0.3, -0.25) is 4.79 Å². The van der Waals surface area contributed by atoms with Crippen LogP contribution >= 0.6 is 11.6 Å². The van der Waals surface area contributed by atoms with E-state index < -0.39 is 11.7 Å². The maximum absolute atomic E-state index is 13.0. The van der Waals surface area contributed by atoms with Crippen molar-refractivity contribution in [2.75, 3.05) is 11.1 Å². The van der Waals surface area contributed by atoms with E-state index in [1.807, 2.05) is 0 Å². The van der Waals surface area contributed by atoms with Crippen molar-refractivity contribution in [1.82, 2.24) is 0 Å². The molecule has 0 aliphatic carbocycles. The molecule has 0 unspecified atom stereocenters. The molecule has 104 valence electrons. The van der Waals surface area contributed by atoms with Crippen LogP contribution < -0.4 is 16.8 Å². The molecular weight excluding hydrogens is 281 g/mol. The van der Waals surface area contributed by atoms with Crippen molar-refractivity contribution >= 4 is 28.9 Å². The number of hydrogen-bond donors (Lipinski definition) is 3. The number of benzene rings is 2. The molecule has 0 fully saturated rings. The number of nitrogens with one attached hydrogen (secondary N) is 1. The van der Waals surface area contributed by atoms with Crippen LogP contribution in [0.25, 0.3) is 0 Å². The van der Waals surface area contributed by atoms with E-state index in [0.717, 1.165) is 5.56 Å². The fraction of sp³-hybridized carbons (Fsp3) is 0.0714. The molecule has 0 heterocycles. The number of halogens is 2. The summed E-state index contributed by atoms with van der Waals surface area (Å²) in [4.78, 5) is 11.2. The molecule has 0 aromatic heterocycles. The summed E-state index contributed by atoms with van der Waals surface area (Å²) >= 11 is 5.70. The van der Waals surface area contributed by atoms with Crippen LogP contribution in [0.5, 0.6) is 0 Å². The zero-order valence-corrected chi connectivity index (χ0v) is 11.2. The Morgan fingerprint density at radius 3 is 2.70 bits per heavy atom. The minimum absolute atomic E-state index is 0.0585. The minimum atomic E-state index is -0.587. The lowest BCUT2D eigenvalue weighted by molar-refractivity contribution is 0.100. The zero-order chi connectivity index (χ0) is 14.7. The summed E-state index contributed by atoms with van der Waals surface area (Å²) in [6.45, 7) is 0.395. The maximum atomic E-state index is 13.0. The predicted molar refractivity (Wildman–Crippen MR) is 78.1 cm³/mol. The third-order valence-corrected chi connectivity index (χ3v) is 3.13. The number of nitrogens with two attached hydrogens (primary N) is 2. The summed E-state index contributed by atoms with van der Waals surface area (Å²) in [5.74, 6) is -1.05. The van der Waals surface area contributed by atoms with Crippen molar-refractivity contribution in [3.8, 4) is 0 Å². The number of primary amides is 1. The molecule has 2 aromatic rings. The number of amides is 1. The molecule has 5 N–H and O–H groups in total. The first kappa shape index (κ1) is 14.1. The van der Waals surface area contributed by atoms with Crippen molar-refractivity contribution in [3.63, 3.8) is 0 Å². The van der Waals surface area contributed by atoms with Crippen molar-refractivity contribution in [2.24, 2.45) is 5.73 Å². The molecule has 4 nitrogen and oxygen atoms in total. The quantitative estimate of drug-likeness (QED) is 0.758. The lowest BCUT2D eigenvalue weighted by Gasteiger charge is -2.11. The Balaban J connectivity index is 2.17. The number of rotatable bonds is 4. The van der Waals surface area contributed by atoms with E-state index in [1.54, 1.807) is 24.3 Å². The van der Waals surface area contributed by atoms with Crippen molar-refractivity contribution < 1.29 is 9.18 Å². The largest absolute Gasteiger partial charge is 0.396 e. The van der Waals surface area contributed by atoms with E-state index >= 15 is 0 Å². The van der Waals surface area contributed by atoms with Crippen LogP contribution in [0.3, 0.4) is 0 Å². The van der Waals surface area contributed by atoms with E-state index in [9.17, 15) is 9.18 Å². The Labute approximate surface area is 120 Å². The third kappa shape index (κ3) is 3.00. The molecular formula is C14H13ClFN3O. The SMILES string of the molecule is NC(=O)c1cccc(NCc2ccc(F)c(Cl)c2)c1N. The highest BCUT2D eigenvalue weighted by atomic mass is 35.5. The van der Waals surface area contributed by atoms with Crippen LogP contribution in [0.1, 0.15) is 15.9 Å². The number of carbonyl (C=O) groups is 1. The summed E-state index contributed by atoms with van der Waals surface area (Å²) in [7, 11) is 0. The molecule has 1 amide bonds. The van der Waals surface area contributed by atoms with Gasteiger partial charge < -0.3 is 16.8 Å². The average molecular weight is 294 g/mol. The molecule has 20 heavy (non-hydrogen) atoms. The van der Waals surface area contributed by atoms with Crippen LogP contribution in [-0.4, -0.2) is 5.91 Å². The molecule has 2 aromatic carbocycles. The molecule has 0 bridgehead atoms. The summed E-state index contributed by atoms with van der Waals surface area (Å²) in [5, 5.41) is 3.12. The van der Waals surface area contributed by atoms with Gasteiger partial charge in [-0.15, -0.1) is 0 Å². The molecule has 0 aliphatic heterocycles. The summed E-state index contributed by atoms with van der Waals surface area (Å²) < 4.78 is 13.0. The number of nitrogen functional groups attached to an aromatic ring is 1. The van der Waals surface area contributed by atoms with E-state index in [-0.39, 0.29) is 16.3 Å². The fourth-order valence-electron chi connectivity index (χ4n) is 1.78. The number of para-hydroxylation sites is 1. The Kier molecular flexibility index (Phi) is 4.10. The van der Waals surface area contributed by atoms with Crippen molar-refractivity contribution in [3.05, 3.63) is 58.4 Å². The topological polar surface area (TPSA) is 81.1 Å². The number of carbonyl (C=O) groups excluding carboxylic acids is 1. The smallest absolute Gasteiger partial charge is 0.250 e. The van der Waals surface area contributed by atoms with E-state index in [2.05, 4.69) is 5.32 Å². The summed E-state index contributed by atoms with van der Waals surface area (Å²) in [5.41, 5.74) is 13.0. The van der Waals surface area contributed by atoms with Gasteiger partial charge in [0.2, 0.25) is 0 Å². The fourth-order valence-corrected chi connectivity index (χ4v) is 1.98. The predicted octanol–water partition coefficient (Wildman–Crippen LogP) is 2.77. The van der Waals surface area contributed by atoms with Crippen molar-refractivity contribution in [1.29, 1.82) is 0 Å². The Morgan fingerprint density at radius 1 is 1.30 bits per heavy atom. The lowest BCUT2D eigenvalue weighted by Crippen LogP contribution is -2.14. The first-order valence-electron chi connectivity index (χ1n) is 5.85. The van der Waals surface area contributed by atoms with Gasteiger partial charge >= 0.3 is 0 Å². The number of hydrogen-bond acceptors (Lipinski definition) is 3. The van der Waals surface area contributed by atoms with Gasteiger partial charge in [0.25, 0.3) is 5.91 Å². The Hall–Kier alpha value is -2.27. The van der Waals surface area contributed by atoms with Crippen molar-refractivity contribution in [2.45, 2.75) is 6.54 Å². The van der Waals surface area contributed by atoms with Crippen LogP contribution in [0.15, 0.2) is 36.4 Å². The second-order valence-electron chi connectivity index (χ2n) is 4.23. The van der Waals surface area contributed by atoms with Gasteiger partial charge in [0.1, 0.15) is 5.82 Å². The second-order valence-corrected chi connectivity index (χ2v) is 4.64. The van der Waals surface area contributed by atoms with Gasteiger partial charge in [-0.25, -0.2) is 4.39 Å². The van der Waals surface area contributed by atoms with Crippen LogP contribution in [-0.2, 0) is 6.54 Å². The van der Waals surface area contributed by atoms with Gasteiger partial charge in [-0.1, -0.05) is 23.7 Å². The molecule has 0 aliphatic rings. The molecule has 6 heteroatoms. The first-order valence-corrected chi connectivity index (χ1v) is 6.23. The van der Waals surface area contributed by atoms with E-state index in [1.165, 1.54) is 12.1 Å². The van der Waals surface area contributed by atoms with Gasteiger partial charge in [0.05, 0.1) is 22.0 Å². The highest BCUT2D eigenvalue weighted by Gasteiger charge is 2.09. The maximum Gasteiger partial charge on any atom is 0.250 e. The molecule has 0 atom stereocenters. The van der Waals surface area contributed by atoms with Crippen LogP contribution in [0.2, 0.25) is 5.02 Å². The Morgan fingerprint density at radius 2 is 2.05 bits per heavy atom. The monoisotopic (exact) mass is 293 g/mol. The van der Waals surface area contributed by atoms with Crippen LogP contribution in [0, 0.1) is 5.82 Å². The van der Waals surface area contributed by atoms with Gasteiger partial charge in [-0.05, 0) is 29.8 Å². The molecule has 0 saturated heterocycles. The van der Waals surface area contributed by atoms with E-state index in [4.69, 9.17) is 23.1 Å². The summed E-state index contributed by atoms with van der Waals surface area (Å²) in [6.07, 6.45) is 0.